The van der Waals surface area contributed by atoms with E-state index in [1.807, 2.05) is 6.92 Å². The Morgan fingerprint density at radius 2 is 1.85 bits per heavy atom. The van der Waals surface area contributed by atoms with Gasteiger partial charge in [-0.2, -0.15) is 13.2 Å². The molecule has 7 heteroatoms. The quantitative estimate of drug-likeness (QED) is 0.278. The van der Waals surface area contributed by atoms with E-state index < -0.39 is 11.7 Å². The Bertz CT molecular complexity index is 802. The van der Waals surface area contributed by atoms with Gasteiger partial charge >= 0.3 is 6.18 Å². The van der Waals surface area contributed by atoms with Crippen molar-refractivity contribution < 1.29 is 27.1 Å². The van der Waals surface area contributed by atoms with Crippen LogP contribution in [0, 0.1) is 11.7 Å². The summed E-state index contributed by atoms with van der Waals surface area (Å²) < 4.78 is 56.1. The maximum Gasteiger partial charge on any atom is 0.416 e. The molecule has 0 amide bonds. The van der Waals surface area contributed by atoms with E-state index in [0.29, 0.717) is 5.92 Å². The number of nitrogens with zero attached hydrogens (tertiary/aromatic N) is 1. The van der Waals surface area contributed by atoms with Gasteiger partial charge in [0.1, 0.15) is 18.2 Å². The number of benzene rings is 2. The zero-order valence-corrected chi connectivity index (χ0v) is 14.7. The first-order chi connectivity index (χ1) is 12.8. The number of hydrogen-bond acceptors (Lipinski definition) is 3. The highest BCUT2D eigenvalue weighted by Gasteiger charge is 2.40. The molecular formula is C20H19F4NO2. The number of hydrogen-bond donors (Lipinski definition) is 0. The van der Waals surface area contributed by atoms with E-state index in [4.69, 9.17) is 9.57 Å². The lowest BCUT2D eigenvalue weighted by Crippen LogP contribution is -2.08. The Hall–Kier alpha value is -2.57. The van der Waals surface area contributed by atoms with Gasteiger partial charge in [0.2, 0.25) is 0 Å². The zero-order chi connectivity index (χ0) is 19.4. The van der Waals surface area contributed by atoms with E-state index in [1.54, 1.807) is 12.1 Å². The number of halogens is 4. The van der Waals surface area contributed by atoms with E-state index in [1.165, 1.54) is 24.3 Å². The molecule has 27 heavy (non-hydrogen) atoms. The van der Waals surface area contributed by atoms with Crippen molar-refractivity contribution in [2.45, 2.75) is 25.4 Å². The largest absolute Gasteiger partial charge is 0.490 e. The Morgan fingerprint density at radius 3 is 2.56 bits per heavy atom. The number of alkyl halides is 3. The van der Waals surface area contributed by atoms with Crippen molar-refractivity contribution >= 4 is 5.71 Å². The normalized spacial score (nSPS) is 19.7. The Labute approximate surface area is 154 Å². The van der Waals surface area contributed by atoms with Crippen molar-refractivity contribution in [3.63, 3.8) is 0 Å². The SMILES string of the molecule is C/C(=N/OCCOc1cccc(C(F)(F)F)c1)[C@@H]1C[C@H]1c1ccc(F)cc1. The molecule has 1 aliphatic rings. The fourth-order valence-electron chi connectivity index (χ4n) is 2.91. The van der Waals surface area contributed by atoms with Crippen molar-refractivity contribution in [3.8, 4) is 5.75 Å². The summed E-state index contributed by atoms with van der Waals surface area (Å²) >= 11 is 0. The lowest BCUT2D eigenvalue weighted by atomic mass is 10.1. The first-order valence-corrected chi connectivity index (χ1v) is 8.56. The van der Waals surface area contributed by atoms with Gasteiger partial charge in [-0.1, -0.05) is 23.4 Å². The molecule has 3 rings (SSSR count). The molecule has 2 aromatic rings. The maximum atomic E-state index is 13.0. The molecule has 0 spiro atoms. The predicted octanol–water partition coefficient (Wildman–Crippen LogP) is 5.42. The second kappa shape index (κ2) is 7.98. The maximum absolute atomic E-state index is 13.0. The summed E-state index contributed by atoms with van der Waals surface area (Å²) in [5.74, 6) is 0.456. The Kier molecular flexibility index (Phi) is 5.68. The Morgan fingerprint density at radius 1 is 1.11 bits per heavy atom. The van der Waals surface area contributed by atoms with Gasteiger partial charge in [-0.25, -0.2) is 4.39 Å². The van der Waals surface area contributed by atoms with Gasteiger partial charge in [0.25, 0.3) is 0 Å². The lowest BCUT2D eigenvalue weighted by Gasteiger charge is -2.10. The van der Waals surface area contributed by atoms with Crippen molar-refractivity contribution in [1.82, 2.24) is 0 Å². The molecule has 1 fully saturated rings. The minimum atomic E-state index is -4.40. The summed E-state index contributed by atoms with van der Waals surface area (Å²) in [6, 6.07) is 11.1. The van der Waals surface area contributed by atoms with Crippen LogP contribution in [0.2, 0.25) is 0 Å². The molecule has 2 atom stereocenters. The smallest absolute Gasteiger partial charge is 0.416 e. The van der Waals surface area contributed by atoms with Crippen LogP contribution in [0.15, 0.2) is 53.7 Å². The third-order valence-corrected chi connectivity index (χ3v) is 4.44. The fourth-order valence-corrected chi connectivity index (χ4v) is 2.91. The number of rotatable bonds is 7. The summed E-state index contributed by atoms with van der Waals surface area (Å²) in [6.07, 6.45) is -3.46. The molecule has 1 saturated carbocycles. The standard InChI is InChI=1S/C20H19F4NO2/c1-13(18-12-19(18)14-5-7-16(21)8-6-14)25-27-10-9-26-17-4-2-3-15(11-17)20(22,23)24/h2-8,11,18-19H,9-10,12H2,1H3/b25-13-/t18-,19-/m0/s1. The molecule has 2 aromatic carbocycles. The van der Waals surface area contributed by atoms with Crippen LogP contribution in [0.25, 0.3) is 0 Å². The average molecular weight is 381 g/mol. The monoisotopic (exact) mass is 381 g/mol. The predicted molar refractivity (Wildman–Crippen MR) is 93.2 cm³/mol. The van der Waals surface area contributed by atoms with Gasteiger partial charge in [-0.05, 0) is 55.2 Å². The van der Waals surface area contributed by atoms with Gasteiger partial charge < -0.3 is 9.57 Å². The third kappa shape index (κ3) is 5.21. The van der Waals surface area contributed by atoms with Crippen LogP contribution < -0.4 is 4.74 Å². The van der Waals surface area contributed by atoms with Crippen LogP contribution >= 0.6 is 0 Å². The van der Waals surface area contributed by atoms with Gasteiger partial charge in [0.05, 0.1) is 11.3 Å². The zero-order valence-electron chi connectivity index (χ0n) is 14.7. The van der Waals surface area contributed by atoms with E-state index in [2.05, 4.69) is 5.16 Å². The van der Waals surface area contributed by atoms with Crippen LogP contribution in [-0.4, -0.2) is 18.9 Å². The van der Waals surface area contributed by atoms with E-state index in [0.717, 1.165) is 29.8 Å². The van der Waals surface area contributed by atoms with Crippen LogP contribution in [0.1, 0.15) is 30.4 Å². The summed E-state index contributed by atoms with van der Waals surface area (Å²) in [5.41, 5.74) is 1.16. The molecule has 0 unspecified atom stereocenters. The van der Waals surface area contributed by atoms with Crippen LogP contribution in [0.3, 0.4) is 0 Å². The summed E-state index contributed by atoms with van der Waals surface area (Å²) in [6.45, 7) is 2.08. The van der Waals surface area contributed by atoms with Crippen LogP contribution in [-0.2, 0) is 11.0 Å². The van der Waals surface area contributed by atoms with E-state index in [-0.39, 0.29) is 30.7 Å². The minimum absolute atomic E-state index is 0.0874. The summed E-state index contributed by atoms with van der Waals surface area (Å²) in [4.78, 5) is 5.20. The van der Waals surface area contributed by atoms with Crippen molar-refractivity contribution in [1.29, 1.82) is 0 Å². The topological polar surface area (TPSA) is 30.8 Å². The lowest BCUT2D eigenvalue weighted by molar-refractivity contribution is -0.137. The molecule has 0 aliphatic heterocycles. The second-order valence-corrected chi connectivity index (χ2v) is 6.44. The summed E-state index contributed by atoms with van der Waals surface area (Å²) in [5, 5.41) is 4.05. The molecule has 0 radical (unpaired) electrons. The van der Waals surface area contributed by atoms with Crippen molar-refractivity contribution in [3.05, 3.63) is 65.5 Å². The van der Waals surface area contributed by atoms with Crippen LogP contribution in [0.5, 0.6) is 5.75 Å². The first-order valence-electron chi connectivity index (χ1n) is 8.56. The molecular weight excluding hydrogens is 362 g/mol. The highest BCUT2D eigenvalue weighted by Crippen LogP contribution is 2.48. The van der Waals surface area contributed by atoms with Gasteiger partial charge in [0.15, 0.2) is 6.61 Å². The molecule has 0 bridgehead atoms. The highest BCUT2D eigenvalue weighted by molar-refractivity contribution is 5.87. The second-order valence-electron chi connectivity index (χ2n) is 6.44. The molecule has 0 aromatic heterocycles. The molecule has 3 nitrogen and oxygen atoms in total. The highest BCUT2D eigenvalue weighted by atomic mass is 19.4. The van der Waals surface area contributed by atoms with Gasteiger partial charge in [-0.15, -0.1) is 0 Å². The van der Waals surface area contributed by atoms with Crippen molar-refractivity contribution in [2.75, 3.05) is 13.2 Å². The molecule has 144 valence electrons. The Balaban J connectivity index is 1.42. The molecule has 0 heterocycles. The molecule has 0 saturated heterocycles. The summed E-state index contributed by atoms with van der Waals surface area (Å²) in [7, 11) is 0. The molecule has 0 N–H and O–H groups in total. The van der Waals surface area contributed by atoms with Gasteiger partial charge in [-0.3, -0.25) is 0 Å². The minimum Gasteiger partial charge on any atom is -0.490 e. The van der Waals surface area contributed by atoms with E-state index in [9.17, 15) is 17.6 Å². The van der Waals surface area contributed by atoms with Crippen LogP contribution in [0.4, 0.5) is 17.6 Å². The number of oxime groups is 1. The average Bonchev–Trinajstić information content (AvgIpc) is 3.42. The first kappa shape index (κ1) is 19.2. The fraction of sp³-hybridized carbons (Fsp3) is 0.350. The molecule has 1 aliphatic carbocycles. The number of ether oxygens (including phenoxy) is 1. The van der Waals surface area contributed by atoms with Gasteiger partial charge in [0, 0.05) is 5.92 Å². The van der Waals surface area contributed by atoms with E-state index >= 15 is 0 Å². The third-order valence-electron chi connectivity index (χ3n) is 4.44. The van der Waals surface area contributed by atoms with Crippen molar-refractivity contribution in [2.24, 2.45) is 11.1 Å².